The van der Waals surface area contributed by atoms with Crippen LogP contribution in [0.25, 0.3) is 0 Å². The second-order valence-electron chi connectivity index (χ2n) is 3.98. The first-order valence-electron chi connectivity index (χ1n) is 4.80. The van der Waals surface area contributed by atoms with Crippen LogP contribution in [0.15, 0.2) is 6.33 Å². The lowest BCUT2D eigenvalue weighted by Crippen LogP contribution is -2.31. The molecule has 0 aliphatic carbocycles. The molecular weight excluding hydrogens is 180 g/mol. The Labute approximate surface area is 83.9 Å². The van der Waals surface area contributed by atoms with Crippen LogP contribution in [-0.4, -0.2) is 25.9 Å². The Bertz CT molecular complexity index is 284. The van der Waals surface area contributed by atoms with Crippen molar-refractivity contribution in [2.24, 2.45) is 18.7 Å². The van der Waals surface area contributed by atoms with Crippen LogP contribution in [-0.2, 0) is 7.05 Å². The van der Waals surface area contributed by atoms with E-state index >= 15 is 0 Å². The van der Waals surface area contributed by atoms with Gasteiger partial charge in [-0.3, -0.25) is 4.68 Å². The Kier molecular flexibility index (Phi) is 3.60. The van der Waals surface area contributed by atoms with Crippen LogP contribution in [0.2, 0.25) is 0 Å². The molecule has 0 bridgehead atoms. The molecule has 0 amide bonds. The number of aliphatic hydroxyl groups excluding tert-OH is 1. The molecule has 0 aromatic carbocycles. The van der Waals surface area contributed by atoms with Crippen molar-refractivity contribution < 1.29 is 5.11 Å². The van der Waals surface area contributed by atoms with Crippen LogP contribution in [0, 0.1) is 5.92 Å². The van der Waals surface area contributed by atoms with E-state index in [9.17, 15) is 5.11 Å². The zero-order valence-corrected chi connectivity index (χ0v) is 8.88. The van der Waals surface area contributed by atoms with E-state index in [0.29, 0.717) is 11.7 Å². The first kappa shape index (κ1) is 11.1. The van der Waals surface area contributed by atoms with Crippen LogP contribution < -0.4 is 5.73 Å². The molecule has 1 aromatic rings. The summed E-state index contributed by atoms with van der Waals surface area (Å²) in [6.45, 7) is 4.15. The highest BCUT2D eigenvalue weighted by atomic mass is 16.3. The monoisotopic (exact) mass is 198 g/mol. The summed E-state index contributed by atoms with van der Waals surface area (Å²) in [6.07, 6.45) is 1.46. The van der Waals surface area contributed by atoms with Gasteiger partial charge in [-0.15, -0.1) is 0 Å². The summed E-state index contributed by atoms with van der Waals surface area (Å²) in [6, 6.07) is -0.280. The fourth-order valence-electron chi connectivity index (χ4n) is 1.44. The van der Waals surface area contributed by atoms with Crippen LogP contribution >= 0.6 is 0 Å². The quantitative estimate of drug-likeness (QED) is 0.725. The number of aromatic nitrogens is 3. The molecule has 0 spiro atoms. The van der Waals surface area contributed by atoms with Gasteiger partial charge in [0, 0.05) is 13.1 Å². The van der Waals surface area contributed by atoms with Crippen LogP contribution in [0.1, 0.15) is 32.2 Å². The second-order valence-corrected chi connectivity index (χ2v) is 3.98. The topological polar surface area (TPSA) is 77.0 Å². The zero-order chi connectivity index (χ0) is 10.7. The molecule has 0 fully saturated rings. The second kappa shape index (κ2) is 4.52. The Balaban J connectivity index is 2.65. The highest BCUT2D eigenvalue weighted by Gasteiger charge is 2.21. The van der Waals surface area contributed by atoms with E-state index in [1.165, 1.54) is 6.33 Å². The predicted molar refractivity (Wildman–Crippen MR) is 53.4 cm³/mol. The van der Waals surface area contributed by atoms with Crippen molar-refractivity contribution in [1.82, 2.24) is 14.8 Å². The summed E-state index contributed by atoms with van der Waals surface area (Å²) in [5.74, 6) is 0.992. The molecule has 5 heteroatoms. The summed E-state index contributed by atoms with van der Waals surface area (Å²) in [5, 5.41) is 13.7. The van der Waals surface area contributed by atoms with Gasteiger partial charge in [0.2, 0.25) is 0 Å². The van der Waals surface area contributed by atoms with Crippen molar-refractivity contribution in [1.29, 1.82) is 0 Å². The average molecular weight is 198 g/mol. The summed E-state index contributed by atoms with van der Waals surface area (Å²) in [5.41, 5.74) is 5.85. The van der Waals surface area contributed by atoms with Crippen molar-refractivity contribution in [2.45, 2.75) is 32.4 Å². The first-order valence-corrected chi connectivity index (χ1v) is 4.80. The number of aryl methyl sites for hydroxylation is 1. The average Bonchev–Trinajstić information content (AvgIpc) is 2.48. The van der Waals surface area contributed by atoms with Crippen molar-refractivity contribution in [2.75, 3.05) is 0 Å². The lowest BCUT2D eigenvalue weighted by atomic mass is 10.00. The molecule has 1 rings (SSSR count). The Hall–Kier alpha value is -0.940. The number of hydrogen-bond acceptors (Lipinski definition) is 4. The third kappa shape index (κ3) is 2.52. The molecule has 0 radical (unpaired) electrons. The van der Waals surface area contributed by atoms with E-state index in [1.807, 2.05) is 0 Å². The van der Waals surface area contributed by atoms with E-state index in [4.69, 9.17) is 5.73 Å². The molecule has 80 valence electrons. The lowest BCUT2D eigenvalue weighted by molar-refractivity contribution is 0.123. The van der Waals surface area contributed by atoms with Crippen LogP contribution in [0.3, 0.4) is 0 Å². The minimum absolute atomic E-state index is 0.280. The maximum atomic E-state index is 9.86. The van der Waals surface area contributed by atoms with E-state index < -0.39 is 6.10 Å². The van der Waals surface area contributed by atoms with Gasteiger partial charge in [0.05, 0.1) is 0 Å². The molecule has 14 heavy (non-hydrogen) atoms. The highest BCUT2D eigenvalue weighted by molar-refractivity contribution is 4.94. The Morgan fingerprint density at radius 2 is 2.21 bits per heavy atom. The number of rotatable bonds is 4. The molecular formula is C9H18N4O. The van der Waals surface area contributed by atoms with Gasteiger partial charge >= 0.3 is 0 Å². The molecule has 0 aliphatic heterocycles. The largest absolute Gasteiger partial charge is 0.383 e. The maximum absolute atomic E-state index is 9.86. The number of nitrogens with two attached hydrogens (primary N) is 1. The zero-order valence-electron chi connectivity index (χ0n) is 8.88. The lowest BCUT2D eigenvalue weighted by Gasteiger charge is -2.19. The number of hydrogen-bond donors (Lipinski definition) is 2. The maximum Gasteiger partial charge on any atom is 0.157 e. The SMILES string of the molecule is CC(C)CC(N)C(O)c1ncnn1C. The number of aliphatic hydroxyl groups is 1. The molecule has 2 unspecified atom stereocenters. The van der Waals surface area contributed by atoms with Gasteiger partial charge in [-0.2, -0.15) is 5.10 Å². The summed E-state index contributed by atoms with van der Waals surface area (Å²) in [4.78, 5) is 3.97. The first-order chi connectivity index (χ1) is 6.52. The van der Waals surface area contributed by atoms with E-state index in [0.717, 1.165) is 6.42 Å². The minimum Gasteiger partial charge on any atom is -0.383 e. The van der Waals surface area contributed by atoms with Gasteiger partial charge in [-0.25, -0.2) is 4.98 Å². The van der Waals surface area contributed by atoms with Crippen molar-refractivity contribution in [3.05, 3.63) is 12.2 Å². The van der Waals surface area contributed by atoms with E-state index in [1.54, 1.807) is 11.7 Å². The van der Waals surface area contributed by atoms with Crippen LogP contribution in [0.5, 0.6) is 0 Å². The van der Waals surface area contributed by atoms with Gasteiger partial charge < -0.3 is 10.8 Å². The van der Waals surface area contributed by atoms with Gasteiger partial charge in [-0.1, -0.05) is 13.8 Å². The third-order valence-corrected chi connectivity index (χ3v) is 2.16. The molecule has 5 nitrogen and oxygen atoms in total. The summed E-state index contributed by atoms with van der Waals surface area (Å²) >= 11 is 0. The normalized spacial score (nSPS) is 15.9. The fourth-order valence-corrected chi connectivity index (χ4v) is 1.44. The van der Waals surface area contributed by atoms with Gasteiger partial charge in [0.15, 0.2) is 5.82 Å². The fraction of sp³-hybridized carbons (Fsp3) is 0.778. The van der Waals surface area contributed by atoms with Gasteiger partial charge in [-0.05, 0) is 12.3 Å². The minimum atomic E-state index is -0.732. The Morgan fingerprint density at radius 1 is 1.57 bits per heavy atom. The van der Waals surface area contributed by atoms with Gasteiger partial charge in [0.1, 0.15) is 12.4 Å². The van der Waals surface area contributed by atoms with Crippen molar-refractivity contribution >= 4 is 0 Å². The van der Waals surface area contributed by atoms with E-state index in [2.05, 4.69) is 23.9 Å². The van der Waals surface area contributed by atoms with Crippen molar-refractivity contribution in [3.8, 4) is 0 Å². The van der Waals surface area contributed by atoms with Gasteiger partial charge in [0.25, 0.3) is 0 Å². The smallest absolute Gasteiger partial charge is 0.157 e. The third-order valence-electron chi connectivity index (χ3n) is 2.16. The standard InChI is InChI=1S/C9H18N4O/c1-6(2)4-7(10)8(14)9-11-5-12-13(9)3/h5-8,14H,4,10H2,1-3H3. The highest BCUT2D eigenvalue weighted by Crippen LogP contribution is 2.17. The molecule has 0 saturated heterocycles. The van der Waals surface area contributed by atoms with E-state index in [-0.39, 0.29) is 6.04 Å². The molecule has 2 atom stereocenters. The molecule has 1 heterocycles. The molecule has 0 saturated carbocycles. The molecule has 1 aromatic heterocycles. The molecule has 3 N–H and O–H groups in total. The summed E-state index contributed by atoms with van der Waals surface area (Å²) < 4.78 is 1.55. The number of nitrogens with zero attached hydrogens (tertiary/aromatic N) is 3. The molecule has 0 aliphatic rings. The van der Waals surface area contributed by atoms with Crippen LogP contribution in [0.4, 0.5) is 0 Å². The Morgan fingerprint density at radius 3 is 2.64 bits per heavy atom. The van der Waals surface area contributed by atoms with Crippen molar-refractivity contribution in [3.63, 3.8) is 0 Å². The summed E-state index contributed by atoms with van der Waals surface area (Å²) in [7, 11) is 1.74. The predicted octanol–water partition coefficient (Wildman–Crippen LogP) is 0.222.